The first kappa shape index (κ1) is 15.5. The monoisotopic (exact) mass is 360 g/mol. The Morgan fingerprint density at radius 2 is 2.05 bits per heavy atom. The third-order valence-corrected chi connectivity index (χ3v) is 5.67. The van der Waals surface area contributed by atoms with E-state index in [4.69, 9.17) is 0 Å². The molecule has 5 nitrogen and oxygen atoms in total. The molecule has 0 radical (unpaired) electrons. The van der Waals surface area contributed by atoms with Crippen molar-refractivity contribution in [2.24, 2.45) is 0 Å². The van der Waals surface area contributed by atoms with E-state index in [1.807, 2.05) is 0 Å². The van der Waals surface area contributed by atoms with Crippen molar-refractivity contribution in [3.05, 3.63) is 28.7 Å². The lowest BCUT2D eigenvalue weighted by molar-refractivity contribution is -0.127. The van der Waals surface area contributed by atoms with Crippen LogP contribution in [0.15, 0.2) is 33.6 Å². The fraction of sp³-hybridized carbons (Fsp3) is 0.462. The lowest BCUT2D eigenvalue weighted by Gasteiger charge is -2.15. The van der Waals surface area contributed by atoms with Crippen molar-refractivity contribution in [1.82, 2.24) is 9.62 Å². The van der Waals surface area contributed by atoms with E-state index in [9.17, 15) is 13.2 Å². The minimum Gasteiger partial charge on any atom is -0.343 e. The van der Waals surface area contributed by atoms with Gasteiger partial charge in [0.1, 0.15) is 0 Å². The van der Waals surface area contributed by atoms with Crippen molar-refractivity contribution in [3.8, 4) is 0 Å². The standard InChI is InChI=1S/C13H17BrN2O3S/c14-11-5-1-2-6-12(11)20(18,19)15-8-4-10-16-9-3-7-13(16)17/h1-2,5-6,15H,3-4,7-10H2. The summed E-state index contributed by atoms with van der Waals surface area (Å²) in [6.45, 7) is 1.72. The van der Waals surface area contributed by atoms with Crippen LogP contribution in [0.5, 0.6) is 0 Å². The molecule has 1 aromatic rings. The highest BCUT2D eigenvalue weighted by molar-refractivity contribution is 9.10. The Bertz CT molecular complexity index is 589. The van der Waals surface area contributed by atoms with E-state index >= 15 is 0 Å². The molecule has 0 atom stereocenters. The van der Waals surface area contributed by atoms with Gasteiger partial charge in [0.25, 0.3) is 0 Å². The number of carbonyl (C=O) groups is 1. The first-order chi connectivity index (χ1) is 9.50. The first-order valence-corrected chi connectivity index (χ1v) is 8.80. The van der Waals surface area contributed by atoms with Crippen LogP contribution in [0.2, 0.25) is 0 Å². The molecule has 2 rings (SSSR count). The van der Waals surface area contributed by atoms with Crippen LogP contribution in [0.3, 0.4) is 0 Å². The van der Waals surface area contributed by atoms with Gasteiger partial charge >= 0.3 is 0 Å². The normalized spacial score (nSPS) is 15.8. The number of sulfonamides is 1. The molecule has 1 N–H and O–H groups in total. The average molecular weight is 361 g/mol. The van der Waals surface area contributed by atoms with Gasteiger partial charge in [-0.25, -0.2) is 13.1 Å². The van der Waals surface area contributed by atoms with E-state index in [-0.39, 0.29) is 10.8 Å². The Morgan fingerprint density at radius 3 is 2.70 bits per heavy atom. The van der Waals surface area contributed by atoms with Gasteiger partial charge < -0.3 is 4.90 Å². The van der Waals surface area contributed by atoms with E-state index in [1.54, 1.807) is 29.2 Å². The van der Waals surface area contributed by atoms with Crippen molar-refractivity contribution in [1.29, 1.82) is 0 Å². The molecule has 7 heteroatoms. The van der Waals surface area contributed by atoms with Gasteiger partial charge in [0.2, 0.25) is 15.9 Å². The number of halogens is 1. The first-order valence-electron chi connectivity index (χ1n) is 6.53. The quantitative estimate of drug-likeness (QED) is 0.785. The summed E-state index contributed by atoms with van der Waals surface area (Å²) in [6, 6.07) is 6.69. The Labute approximate surface area is 127 Å². The Hall–Kier alpha value is -0.920. The number of nitrogens with zero attached hydrogens (tertiary/aromatic N) is 1. The molecule has 0 aromatic heterocycles. The molecule has 0 unspecified atom stereocenters. The van der Waals surface area contributed by atoms with E-state index in [0.717, 1.165) is 13.0 Å². The minimum atomic E-state index is -3.50. The van der Waals surface area contributed by atoms with Crippen molar-refractivity contribution in [3.63, 3.8) is 0 Å². The van der Waals surface area contributed by atoms with Crippen LogP contribution in [0.25, 0.3) is 0 Å². The summed E-state index contributed by atoms with van der Waals surface area (Å²) < 4.78 is 27.3. The van der Waals surface area contributed by atoms with Crippen LogP contribution in [0.1, 0.15) is 19.3 Å². The Balaban J connectivity index is 1.84. The molecule has 20 heavy (non-hydrogen) atoms. The van der Waals surface area contributed by atoms with E-state index < -0.39 is 10.0 Å². The van der Waals surface area contributed by atoms with Crippen molar-refractivity contribution in [2.75, 3.05) is 19.6 Å². The predicted molar refractivity (Wildman–Crippen MR) is 79.8 cm³/mol. The molecule has 0 bridgehead atoms. The topological polar surface area (TPSA) is 66.5 Å². The zero-order valence-electron chi connectivity index (χ0n) is 11.0. The zero-order chi connectivity index (χ0) is 14.6. The van der Waals surface area contributed by atoms with Crippen LogP contribution in [0, 0.1) is 0 Å². The molecular formula is C13H17BrN2O3S. The average Bonchev–Trinajstić information content (AvgIpc) is 2.81. The molecule has 0 spiro atoms. The van der Waals surface area contributed by atoms with Crippen LogP contribution >= 0.6 is 15.9 Å². The molecule has 1 aromatic carbocycles. The molecule has 110 valence electrons. The summed E-state index contributed by atoms with van der Waals surface area (Å²) in [5, 5.41) is 0. The lowest BCUT2D eigenvalue weighted by atomic mass is 10.4. The highest BCUT2D eigenvalue weighted by atomic mass is 79.9. The number of benzene rings is 1. The molecule has 1 amide bonds. The maximum atomic E-state index is 12.1. The fourth-order valence-electron chi connectivity index (χ4n) is 2.16. The summed E-state index contributed by atoms with van der Waals surface area (Å²) in [5.74, 6) is 0.165. The zero-order valence-corrected chi connectivity index (χ0v) is 13.4. The number of nitrogens with one attached hydrogen (secondary N) is 1. The molecule has 1 aliphatic heterocycles. The minimum absolute atomic E-state index is 0.165. The van der Waals surface area contributed by atoms with Crippen LogP contribution in [-0.2, 0) is 14.8 Å². The maximum absolute atomic E-state index is 12.1. The molecular weight excluding hydrogens is 344 g/mol. The summed E-state index contributed by atoms with van der Waals surface area (Å²) >= 11 is 3.23. The third-order valence-electron chi connectivity index (χ3n) is 3.19. The van der Waals surface area contributed by atoms with E-state index in [0.29, 0.717) is 30.4 Å². The van der Waals surface area contributed by atoms with Crippen molar-refractivity contribution < 1.29 is 13.2 Å². The number of amides is 1. The number of rotatable bonds is 6. The van der Waals surface area contributed by atoms with Gasteiger partial charge in [-0.05, 0) is 40.9 Å². The van der Waals surface area contributed by atoms with Gasteiger partial charge in [-0.15, -0.1) is 0 Å². The lowest BCUT2D eigenvalue weighted by Crippen LogP contribution is -2.30. The van der Waals surface area contributed by atoms with Crippen LogP contribution in [-0.4, -0.2) is 38.9 Å². The maximum Gasteiger partial charge on any atom is 0.241 e. The molecule has 1 saturated heterocycles. The second kappa shape index (κ2) is 6.69. The number of likely N-dealkylation sites (tertiary alicyclic amines) is 1. The van der Waals surface area contributed by atoms with Gasteiger partial charge in [-0.2, -0.15) is 0 Å². The summed E-state index contributed by atoms with van der Waals surface area (Å²) in [4.78, 5) is 13.4. The summed E-state index contributed by atoms with van der Waals surface area (Å²) in [6.07, 6.45) is 2.14. The molecule has 1 heterocycles. The second-order valence-corrected chi connectivity index (χ2v) is 7.26. The molecule has 0 saturated carbocycles. The number of hydrogen-bond donors (Lipinski definition) is 1. The largest absolute Gasteiger partial charge is 0.343 e. The third kappa shape index (κ3) is 3.80. The highest BCUT2D eigenvalue weighted by Gasteiger charge is 2.20. The highest BCUT2D eigenvalue weighted by Crippen LogP contribution is 2.20. The summed E-state index contributed by atoms with van der Waals surface area (Å²) in [7, 11) is -3.50. The number of hydrogen-bond acceptors (Lipinski definition) is 3. The fourth-order valence-corrected chi connectivity index (χ4v) is 4.23. The van der Waals surface area contributed by atoms with Crippen LogP contribution < -0.4 is 4.72 Å². The SMILES string of the molecule is O=C1CCCN1CCCNS(=O)(=O)c1ccccc1Br. The molecule has 1 aliphatic rings. The van der Waals surface area contributed by atoms with Gasteiger partial charge in [0.15, 0.2) is 0 Å². The molecule has 1 fully saturated rings. The van der Waals surface area contributed by atoms with Crippen molar-refractivity contribution in [2.45, 2.75) is 24.2 Å². The molecule has 0 aliphatic carbocycles. The van der Waals surface area contributed by atoms with Gasteiger partial charge in [0, 0.05) is 30.5 Å². The van der Waals surface area contributed by atoms with Gasteiger partial charge in [-0.1, -0.05) is 12.1 Å². The second-order valence-electron chi connectivity index (χ2n) is 4.67. The number of carbonyl (C=O) groups excluding carboxylic acids is 1. The van der Waals surface area contributed by atoms with Gasteiger partial charge in [-0.3, -0.25) is 4.79 Å². The van der Waals surface area contributed by atoms with Crippen LogP contribution in [0.4, 0.5) is 0 Å². The summed E-state index contributed by atoms with van der Waals surface area (Å²) in [5.41, 5.74) is 0. The smallest absolute Gasteiger partial charge is 0.241 e. The van der Waals surface area contributed by atoms with Gasteiger partial charge in [0.05, 0.1) is 4.90 Å². The van der Waals surface area contributed by atoms with E-state index in [1.165, 1.54) is 0 Å². The van der Waals surface area contributed by atoms with E-state index in [2.05, 4.69) is 20.7 Å². The Morgan fingerprint density at radius 1 is 1.30 bits per heavy atom. The predicted octanol–water partition coefficient (Wildman–Crippen LogP) is 1.74. The Kier molecular flexibility index (Phi) is 5.17. The van der Waals surface area contributed by atoms with Crippen molar-refractivity contribution >= 4 is 31.9 Å².